The molecule has 0 spiro atoms. The van der Waals surface area contributed by atoms with Crippen molar-refractivity contribution in [2.75, 3.05) is 19.8 Å². The second-order valence-corrected chi connectivity index (χ2v) is 6.19. The summed E-state index contributed by atoms with van der Waals surface area (Å²) in [4.78, 5) is 24.3. The van der Waals surface area contributed by atoms with E-state index in [0.717, 1.165) is 11.1 Å². The van der Waals surface area contributed by atoms with Gasteiger partial charge in [0.2, 0.25) is 0 Å². The summed E-state index contributed by atoms with van der Waals surface area (Å²) < 4.78 is 15.6. The van der Waals surface area contributed by atoms with Crippen molar-refractivity contribution >= 4 is 11.9 Å². The lowest BCUT2D eigenvalue weighted by Crippen LogP contribution is -2.11. The highest BCUT2D eigenvalue weighted by Gasteiger charge is 2.11. The van der Waals surface area contributed by atoms with Crippen LogP contribution in [0.2, 0.25) is 0 Å². The summed E-state index contributed by atoms with van der Waals surface area (Å²) in [6, 6.07) is 23.4. The number of carbonyl (C=O) groups excluding carboxylic acids is 2. The zero-order valence-electron chi connectivity index (χ0n) is 16.2. The van der Waals surface area contributed by atoms with Crippen molar-refractivity contribution in [1.29, 1.82) is 0 Å². The molecule has 0 saturated heterocycles. The van der Waals surface area contributed by atoms with E-state index in [9.17, 15) is 9.59 Å². The van der Waals surface area contributed by atoms with Crippen molar-refractivity contribution in [3.05, 3.63) is 90.0 Å². The van der Waals surface area contributed by atoms with Gasteiger partial charge in [-0.15, -0.1) is 0 Å². The van der Waals surface area contributed by atoms with E-state index in [0.29, 0.717) is 30.1 Å². The highest BCUT2D eigenvalue weighted by atomic mass is 16.6. The molecule has 0 aliphatic heterocycles. The van der Waals surface area contributed by atoms with Crippen LogP contribution in [0.5, 0.6) is 5.75 Å². The minimum atomic E-state index is -0.461. The Morgan fingerprint density at radius 3 is 1.93 bits per heavy atom. The largest absolute Gasteiger partial charge is 0.460 e. The van der Waals surface area contributed by atoms with Crippen LogP contribution in [0.1, 0.15) is 27.6 Å². The van der Waals surface area contributed by atoms with E-state index in [-0.39, 0.29) is 6.61 Å². The first kappa shape index (κ1) is 20.3. The van der Waals surface area contributed by atoms with E-state index >= 15 is 0 Å². The van der Waals surface area contributed by atoms with Gasteiger partial charge >= 0.3 is 11.9 Å². The molecule has 0 aromatic heterocycles. The second kappa shape index (κ2) is 10.2. The van der Waals surface area contributed by atoms with E-state index in [1.807, 2.05) is 49.4 Å². The number of benzene rings is 3. The molecule has 3 aromatic rings. The third-order valence-electron chi connectivity index (χ3n) is 4.19. The van der Waals surface area contributed by atoms with Gasteiger partial charge in [0.05, 0.1) is 17.7 Å². The molecule has 0 N–H and O–H groups in total. The standard InChI is InChI=1S/C24H22O5/c1-2-27-16-17-28-23(25)20-12-14-22(15-13-20)29-24(26)21-10-8-19(9-11-21)18-6-4-3-5-7-18/h3-15H,2,16-17H2,1H3. The minimum absolute atomic E-state index is 0.197. The number of carbonyl (C=O) groups is 2. The molecule has 0 atom stereocenters. The maximum Gasteiger partial charge on any atom is 0.343 e. The smallest absolute Gasteiger partial charge is 0.343 e. The zero-order chi connectivity index (χ0) is 20.5. The fourth-order valence-electron chi connectivity index (χ4n) is 2.68. The quantitative estimate of drug-likeness (QED) is 0.315. The van der Waals surface area contributed by atoms with Crippen LogP contribution in [0.4, 0.5) is 0 Å². The Labute approximate surface area is 169 Å². The molecule has 0 unspecified atom stereocenters. The monoisotopic (exact) mass is 390 g/mol. The van der Waals surface area contributed by atoms with Crippen LogP contribution in [-0.4, -0.2) is 31.8 Å². The Morgan fingerprint density at radius 1 is 0.690 bits per heavy atom. The molecule has 0 fully saturated rings. The highest BCUT2D eigenvalue weighted by Crippen LogP contribution is 2.20. The van der Waals surface area contributed by atoms with Gasteiger partial charge in [0, 0.05) is 6.61 Å². The minimum Gasteiger partial charge on any atom is -0.460 e. The molecule has 0 aliphatic rings. The molecular weight excluding hydrogens is 368 g/mol. The molecule has 0 bridgehead atoms. The topological polar surface area (TPSA) is 61.8 Å². The molecule has 0 aliphatic carbocycles. The number of esters is 2. The van der Waals surface area contributed by atoms with Gasteiger partial charge in [-0.1, -0.05) is 42.5 Å². The van der Waals surface area contributed by atoms with Gasteiger partial charge < -0.3 is 14.2 Å². The van der Waals surface area contributed by atoms with E-state index in [1.54, 1.807) is 36.4 Å². The van der Waals surface area contributed by atoms with E-state index in [2.05, 4.69) is 0 Å². The molecule has 0 heterocycles. The van der Waals surface area contributed by atoms with Gasteiger partial charge in [0.15, 0.2) is 0 Å². The summed E-state index contributed by atoms with van der Waals surface area (Å²) in [6.07, 6.45) is 0. The van der Waals surface area contributed by atoms with E-state index in [4.69, 9.17) is 14.2 Å². The van der Waals surface area contributed by atoms with Crippen LogP contribution >= 0.6 is 0 Å². The average molecular weight is 390 g/mol. The van der Waals surface area contributed by atoms with Gasteiger partial charge in [-0.3, -0.25) is 0 Å². The average Bonchev–Trinajstić information content (AvgIpc) is 2.78. The normalized spacial score (nSPS) is 10.4. The highest BCUT2D eigenvalue weighted by molar-refractivity contribution is 5.92. The summed E-state index contributed by atoms with van der Waals surface area (Å²) in [7, 11) is 0. The van der Waals surface area contributed by atoms with Crippen LogP contribution in [0.3, 0.4) is 0 Å². The summed E-state index contributed by atoms with van der Waals surface area (Å²) in [6.45, 7) is 3.01. The fourth-order valence-corrected chi connectivity index (χ4v) is 2.68. The van der Waals surface area contributed by atoms with Gasteiger partial charge in [-0.25, -0.2) is 9.59 Å². The predicted octanol–water partition coefficient (Wildman–Crippen LogP) is 4.77. The lowest BCUT2D eigenvalue weighted by molar-refractivity contribution is 0.0335. The maximum atomic E-state index is 12.4. The third kappa shape index (κ3) is 5.77. The van der Waals surface area contributed by atoms with Crippen molar-refractivity contribution in [3.63, 3.8) is 0 Å². The van der Waals surface area contributed by atoms with Crippen LogP contribution in [0.25, 0.3) is 11.1 Å². The number of rotatable bonds is 8. The molecule has 0 radical (unpaired) electrons. The van der Waals surface area contributed by atoms with Crippen molar-refractivity contribution in [2.45, 2.75) is 6.92 Å². The lowest BCUT2D eigenvalue weighted by atomic mass is 10.0. The van der Waals surface area contributed by atoms with Crippen LogP contribution in [0, 0.1) is 0 Å². The Hall–Kier alpha value is -3.44. The predicted molar refractivity (Wildman–Crippen MR) is 110 cm³/mol. The van der Waals surface area contributed by atoms with Crippen LogP contribution < -0.4 is 4.74 Å². The van der Waals surface area contributed by atoms with Crippen molar-refractivity contribution < 1.29 is 23.8 Å². The van der Waals surface area contributed by atoms with Gasteiger partial charge in [0.25, 0.3) is 0 Å². The van der Waals surface area contributed by atoms with Crippen molar-refractivity contribution in [1.82, 2.24) is 0 Å². The van der Waals surface area contributed by atoms with Crippen molar-refractivity contribution in [2.24, 2.45) is 0 Å². The number of hydrogen-bond donors (Lipinski definition) is 0. The van der Waals surface area contributed by atoms with Gasteiger partial charge in [-0.05, 0) is 54.4 Å². The Bertz CT molecular complexity index is 931. The Kier molecular flexibility index (Phi) is 7.14. The number of ether oxygens (including phenoxy) is 3. The van der Waals surface area contributed by atoms with E-state index < -0.39 is 11.9 Å². The summed E-state index contributed by atoms with van der Waals surface area (Å²) in [5.41, 5.74) is 2.93. The first-order chi connectivity index (χ1) is 14.2. The van der Waals surface area contributed by atoms with Gasteiger partial charge in [0.1, 0.15) is 12.4 Å². The van der Waals surface area contributed by atoms with E-state index in [1.165, 1.54) is 0 Å². The molecule has 29 heavy (non-hydrogen) atoms. The molecule has 0 amide bonds. The molecule has 5 heteroatoms. The Balaban J connectivity index is 1.57. The summed E-state index contributed by atoms with van der Waals surface area (Å²) >= 11 is 0. The molecule has 3 rings (SSSR count). The third-order valence-corrected chi connectivity index (χ3v) is 4.19. The zero-order valence-corrected chi connectivity index (χ0v) is 16.2. The molecule has 5 nitrogen and oxygen atoms in total. The molecular formula is C24H22O5. The Morgan fingerprint density at radius 2 is 1.28 bits per heavy atom. The lowest BCUT2D eigenvalue weighted by Gasteiger charge is -2.07. The molecule has 148 valence electrons. The van der Waals surface area contributed by atoms with Crippen LogP contribution in [-0.2, 0) is 9.47 Å². The van der Waals surface area contributed by atoms with Crippen molar-refractivity contribution in [3.8, 4) is 16.9 Å². The SMILES string of the molecule is CCOCCOC(=O)c1ccc(OC(=O)c2ccc(-c3ccccc3)cc2)cc1. The summed E-state index contributed by atoms with van der Waals surface area (Å²) in [5.74, 6) is -0.552. The summed E-state index contributed by atoms with van der Waals surface area (Å²) in [5, 5.41) is 0. The number of hydrogen-bond acceptors (Lipinski definition) is 5. The van der Waals surface area contributed by atoms with Gasteiger partial charge in [-0.2, -0.15) is 0 Å². The fraction of sp³-hybridized carbons (Fsp3) is 0.167. The first-order valence-corrected chi connectivity index (χ1v) is 9.40. The second-order valence-electron chi connectivity index (χ2n) is 6.19. The van der Waals surface area contributed by atoms with Crippen LogP contribution in [0.15, 0.2) is 78.9 Å². The maximum absolute atomic E-state index is 12.4. The molecule has 0 saturated carbocycles. The first-order valence-electron chi connectivity index (χ1n) is 9.40. The molecule has 3 aromatic carbocycles.